The molecule has 5 heteroatoms. The standard InChI is InChI=1S/C24H30N4O/c1-3-28-15-16(14-26-28)13-25-27-23-9-8-22-21-6-4-17-12-18(29)5-7-19(17)20(21)10-11-24(22,23)2/h5,7,12-15,20-22,29H,3-4,6,8-11H2,1-2H3/b25-13-,27-23-/t20-,21-,22-,24-/m0/s1. The van der Waals surface area contributed by atoms with Crippen molar-refractivity contribution in [1.29, 1.82) is 0 Å². The van der Waals surface area contributed by atoms with Gasteiger partial charge in [-0.2, -0.15) is 15.3 Å². The summed E-state index contributed by atoms with van der Waals surface area (Å²) in [5.74, 6) is 2.46. The Morgan fingerprint density at radius 1 is 1.28 bits per heavy atom. The first-order chi connectivity index (χ1) is 14.1. The third kappa shape index (κ3) is 3.11. The molecule has 5 nitrogen and oxygen atoms in total. The van der Waals surface area contributed by atoms with Crippen molar-refractivity contribution in [3.63, 3.8) is 0 Å². The van der Waals surface area contributed by atoms with Gasteiger partial charge in [0, 0.05) is 29.4 Å². The number of hydrogen-bond donors (Lipinski definition) is 1. The molecule has 29 heavy (non-hydrogen) atoms. The van der Waals surface area contributed by atoms with Crippen LogP contribution in [0, 0.1) is 17.3 Å². The fraction of sp³-hybridized carbons (Fsp3) is 0.542. The number of phenols is 1. The number of nitrogens with zero attached hydrogens (tertiary/aromatic N) is 4. The average Bonchev–Trinajstić information content (AvgIpc) is 3.32. The molecule has 1 aromatic heterocycles. The largest absolute Gasteiger partial charge is 0.508 e. The first kappa shape index (κ1) is 18.6. The monoisotopic (exact) mass is 390 g/mol. The molecule has 2 saturated carbocycles. The Bertz CT molecular complexity index is 975. The third-order valence-corrected chi connectivity index (χ3v) is 7.81. The van der Waals surface area contributed by atoms with E-state index >= 15 is 0 Å². The maximum atomic E-state index is 9.86. The van der Waals surface area contributed by atoms with Crippen LogP contribution in [0.1, 0.15) is 68.6 Å². The minimum atomic E-state index is 0.181. The van der Waals surface area contributed by atoms with Crippen LogP contribution < -0.4 is 0 Å². The van der Waals surface area contributed by atoms with Crippen molar-refractivity contribution in [2.75, 3.05) is 0 Å². The number of phenolic OH excluding ortho intramolecular Hbond substituents is 1. The normalized spacial score (nSPS) is 32.3. The van der Waals surface area contributed by atoms with Gasteiger partial charge in [-0.25, -0.2) is 0 Å². The van der Waals surface area contributed by atoms with Crippen LogP contribution in [0.5, 0.6) is 5.75 Å². The van der Waals surface area contributed by atoms with Crippen molar-refractivity contribution in [2.24, 2.45) is 27.5 Å². The summed E-state index contributed by atoms with van der Waals surface area (Å²) in [5, 5.41) is 23.3. The second kappa shape index (κ2) is 7.12. The molecule has 5 rings (SSSR count). The average molecular weight is 391 g/mol. The lowest BCUT2D eigenvalue weighted by Gasteiger charge is -2.49. The number of fused-ring (bicyclic) bond motifs is 5. The predicted octanol–water partition coefficient (Wildman–Crippen LogP) is 4.94. The van der Waals surface area contributed by atoms with E-state index in [1.165, 1.54) is 42.5 Å². The van der Waals surface area contributed by atoms with E-state index < -0.39 is 0 Å². The summed E-state index contributed by atoms with van der Waals surface area (Å²) in [6.45, 7) is 5.38. The topological polar surface area (TPSA) is 62.8 Å². The third-order valence-electron chi connectivity index (χ3n) is 7.81. The Morgan fingerprint density at radius 3 is 3.00 bits per heavy atom. The number of aromatic nitrogens is 2. The highest BCUT2D eigenvalue weighted by Gasteiger charge is 2.53. The van der Waals surface area contributed by atoms with Crippen molar-refractivity contribution >= 4 is 11.9 Å². The van der Waals surface area contributed by atoms with Crippen molar-refractivity contribution in [3.8, 4) is 5.75 Å². The molecular formula is C24H30N4O. The summed E-state index contributed by atoms with van der Waals surface area (Å²) in [6.07, 6.45) is 12.7. The first-order valence-electron chi connectivity index (χ1n) is 11.0. The number of rotatable bonds is 3. The lowest BCUT2D eigenvalue weighted by molar-refractivity contribution is 0.0955. The Kier molecular flexibility index (Phi) is 4.56. The molecule has 1 aromatic carbocycles. The van der Waals surface area contributed by atoms with Crippen LogP contribution in [0.25, 0.3) is 0 Å². The SMILES string of the molecule is CCn1cc(/C=N\N=C2\CC[C@H]3[C@H]4CCc5cc(O)ccc5[C@@H]4CC[C@]23C)cn1. The minimum Gasteiger partial charge on any atom is -0.508 e. The molecule has 0 amide bonds. The lowest BCUT2D eigenvalue weighted by atomic mass is 9.55. The van der Waals surface area contributed by atoms with Crippen molar-refractivity contribution in [3.05, 3.63) is 47.3 Å². The van der Waals surface area contributed by atoms with E-state index in [0.29, 0.717) is 17.6 Å². The van der Waals surface area contributed by atoms with E-state index in [9.17, 15) is 5.11 Å². The van der Waals surface area contributed by atoms with E-state index in [2.05, 4.69) is 30.1 Å². The Balaban J connectivity index is 1.37. The van der Waals surface area contributed by atoms with Crippen molar-refractivity contribution < 1.29 is 5.11 Å². The molecule has 0 aliphatic heterocycles. The molecular weight excluding hydrogens is 360 g/mol. The smallest absolute Gasteiger partial charge is 0.115 e. The van der Waals surface area contributed by atoms with E-state index in [4.69, 9.17) is 5.10 Å². The highest BCUT2D eigenvalue weighted by atomic mass is 16.3. The zero-order valence-electron chi connectivity index (χ0n) is 17.4. The highest BCUT2D eigenvalue weighted by Crippen LogP contribution is 2.60. The van der Waals surface area contributed by atoms with Gasteiger partial charge in [-0.1, -0.05) is 13.0 Å². The molecule has 0 bridgehead atoms. The molecule has 0 saturated heterocycles. The Morgan fingerprint density at radius 2 is 2.17 bits per heavy atom. The van der Waals surface area contributed by atoms with Crippen LogP contribution in [0.3, 0.4) is 0 Å². The molecule has 152 valence electrons. The summed E-state index contributed by atoms with van der Waals surface area (Å²) < 4.78 is 1.91. The summed E-state index contributed by atoms with van der Waals surface area (Å²) >= 11 is 0. The quantitative estimate of drug-likeness (QED) is 0.596. The second-order valence-electron chi connectivity index (χ2n) is 9.21. The van der Waals surface area contributed by atoms with Gasteiger partial charge < -0.3 is 5.11 Å². The molecule has 2 aromatic rings. The summed E-state index contributed by atoms with van der Waals surface area (Å²) in [4.78, 5) is 0. The zero-order valence-corrected chi connectivity index (χ0v) is 17.4. The molecule has 2 fully saturated rings. The second-order valence-corrected chi connectivity index (χ2v) is 9.21. The molecule has 0 unspecified atom stereocenters. The predicted molar refractivity (Wildman–Crippen MR) is 116 cm³/mol. The van der Waals surface area contributed by atoms with E-state index in [1.54, 1.807) is 0 Å². The number of aryl methyl sites for hydroxylation is 2. The summed E-state index contributed by atoms with van der Waals surface area (Å²) in [6, 6.07) is 6.02. The van der Waals surface area contributed by atoms with E-state index in [-0.39, 0.29) is 5.41 Å². The van der Waals surface area contributed by atoms with Crippen LogP contribution in [-0.4, -0.2) is 26.8 Å². The molecule has 3 aliphatic carbocycles. The van der Waals surface area contributed by atoms with E-state index in [1.807, 2.05) is 35.4 Å². The number of aromatic hydroxyl groups is 1. The first-order valence-corrected chi connectivity index (χ1v) is 11.0. The molecule has 3 aliphatic rings. The minimum absolute atomic E-state index is 0.181. The molecule has 0 spiro atoms. The van der Waals surface area contributed by atoms with Gasteiger partial charge in [-0.3, -0.25) is 4.68 Å². The maximum absolute atomic E-state index is 9.86. The summed E-state index contributed by atoms with van der Waals surface area (Å²) in [5.41, 5.74) is 5.32. The Hall–Kier alpha value is -2.43. The molecule has 4 atom stereocenters. The van der Waals surface area contributed by atoms with Gasteiger partial charge in [0.25, 0.3) is 0 Å². The molecule has 0 radical (unpaired) electrons. The summed E-state index contributed by atoms with van der Waals surface area (Å²) in [7, 11) is 0. The van der Waals surface area contributed by atoms with Crippen LogP contribution in [-0.2, 0) is 13.0 Å². The maximum Gasteiger partial charge on any atom is 0.115 e. The zero-order chi connectivity index (χ0) is 20.0. The number of hydrogen-bond acceptors (Lipinski definition) is 4. The number of benzene rings is 1. The van der Waals surface area contributed by atoms with Crippen LogP contribution >= 0.6 is 0 Å². The fourth-order valence-corrected chi connectivity index (χ4v) is 6.31. The van der Waals surface area contributed by atoms with Gasteiger partial charge >= 0.3 is 0 Å². The van der Waals surface area contributed by atoms with Crippen molar-refractivity contribution in [2.45, 2.75) is 64.8 Å². The van der Waals surface area contributed by atoms with Gasteiger partial charge in [0.15, 0.2) is 0 Å². The van der Waals surface area contributed by atoms with Crippen LogP contribution in [0.2, 0.25) is 0 Å². The van der Waals surface area contributed by atoms with Gasteiger partial charge in [-0.05, 0) is 86.5 Å². The van der Waals surface area contributed by atoms with Crippen LogP contribution in [0.4, 0.5) is 0 Å². The van der Waals surface area contributed by atoms with Gasteiger partial charge in [0.2, 0.25) is 0 Å². The fourth-order valence-electron chi connectivity index (χ4n) is 6.31. The van der Waals surface area contributed by atoms with Gasteiger partial charge in [-0.15, -0.1) is 0 Å². The van der Waals surface area contributed by atoms with Crippen molar-refractivity contribution in [1.82, 2.24) is 9.78 Å². The van der Waals surface area contributed by atoms with E-state index in [0.717, 1.165) is 30.9 Å². The Labute approximate surface area is 172 Å². The van der Waals surface area contributed by atoms with Gasteiger partial charge in [0.1, 0.15) is 5.75 Å². The highest BCUT2D eigenvalue weighted by molar-refractivity contribution is 5.93. The lowest BCUT2D eigenvalue weighted by Crippen LogP contribution is -2.42. The van der Waals surface area contributed by atoms with Crippen LogP contribution in [0.15, 0.2) is 40.8 Å². The van der Waals surface area contributed by atoms with Gasteiger partial charge in [0.05, 0.1) is 12.4 Å². The molecule has 1 heterocycles. The molecule has 1 N–H and O–H groups in total.